The molecule has 1 saturated carbocycles. The lowest BCUT2D eigenvalue weighted by Gasteiger charge is -2.42. The number of rotatable bonds is 2. The summed E-state index contributed by atoms with van der Waals surface area (Å²) in [6.07, 6.45) is 3.58. The fourth-order valence-corrected chi connectivity index (χ4v) is 5.24. The van der Waals surface area contributed by atoms with E-state index in [9.17, 15) is 4.39 Å². The minimum absolute atomic E-state index is 0.118. The Morgan fingerprint density at radius 3 is 2.63 bits per heavy atom. The monoisotopic (exact) mass is 346 g/mol. The maximum atomic E-state index is 13.5. The first-order valence-electron chi connectivity index (χ1n) is 6.92. The second-order valence-electron chi connectivity index (χ2n) is 6.39. The first-order valence-corrected chi connectivity index (χ1v) is 8.21. The van der Waals surface area contributed by atoms with E-state index in [2.05, 4.69) is 36.7 Å². The molecule has 1 aromatic carbocycles. The van der Waals surface area contributed by atoms with Gasteiger partial charge in [-0.2, -0.15) is 0 Å². The van der Waals surface area contributed by atoms with Gasteiger partial charge in [0, 0.05) is 9.85 Å². The molecule has 3 heteroatoms. The molecule has 0 N–H and O–H groups in total. The maximum Gasteiger partial charge on any atom is 0.123 e. The Hall–Kier alpha value is -0.0800. The molecule has 0 aromatic heterocycles. The Bertz CT molecular complexity index is 458. The van der Waals surface area contributed by atoms with Gasteiger partial charge >= 0.3 is 0 Å². The Morgan fingerprint density at radius 2 is 2.00 bits per heavy atom. The molecule has 3 atom stereocenters. The van der Waals surface area contributed by atoms with Crippen LogP contribution < -0.4 is 0 Å². The van der Waals surface area contributed by atoms with E-state index in [1.807, 2.05) is 0 Å². The molecule has 0 saturated heterocycles. The van der Waals surface area contributed by atoms with Gasteiger partial charge in [0.05, 0.1) is 0 Å². The molecule has 0 radical (unpaired) electrons. The molecule has 2 rings (SSSR count). The van der Waals surface area contributed by atoms with Gasteiger partial charge < -0.3 is 0 Å². The molecule has 19 heavy (non-hydrogen) atoms. The summed E-state index contributed by atoms with van der Waals surface area (Å²) in [6.45, 7) is 6.66. The van der Waals surface area contributed by atoms with Crippen LogP contribution in [0, 0.1) is 17.7 Å². The minimum Gasteiger partial charge on any atom is -0.207 e. The molecule has 0 aliphatic heterocycles. The topological polar surface area (TPSA) is 0 Å². The van der Waals surface area contributed by atoms with E-state index in [1.165, 1.54) is 18.9 Å². The van der Waals surface area contributed by atoms with Gasteiger partial charge in [-0.15, -0.1) is 0 Å². The maximum absolute atomic E-state index is 13.5. The highest BCUT2D eigenvalue weighted by atomic mass is 79.9. The summed E-state index contributed by atoms with van der Waals surface area (Å²) in [5.41, 5.74) is 0.811. The highest BCUT2D eigenvalue weighted by molar-refractivity contribution is 9.09. The summed E-state index contributed by atoms with van der Waals surface area (Å²) in [4.78, 5) is 0.477. The molecule has 106 valence electrons. The van der Waals surface area contributed by atoms with Crippen molar-refractivity contribution >= 4 is 27.5 Å². The van der Waals surface area contributed by atoms with Crippen molar-refractivity contribution in [1.29, 1.82) is 0 Å². The normalized spacial score (nSPS) is 28.4. The molecular formula is C16H21BrClF. The molecule has 0 spiro atoms. The van der Waals surface area contributed by atoms with Crippen LogP contribution in [-0.4, -0.2) is 4.83 Å². The zero-order valence-corrected chi connectivity index (χ0v) is 14.1. The number of alkyl halides is 1. The molecule has 0 bridgehead atoms. The molecule has 1 aliphatic carbocycles. The van der Waals surface area contributed by atoms with Crippen LogP contribution in [0.25, 0.3) is 0 Å². The summed E-state index contributed by atoms with van der Waals surface area (Å²) < 4.78 is 13.5. The van der Waals surface area contributed by atoms with Crippen molar-refractivity contribution < 1.29 is 4.39 Å². The average molecular weight is 348 g/mol. The molecule has 1 aliphatic rings. The van der Waals surface area contributed by atoms with Crippen LogP contribution in [-0.2, 0) is 5.41 Å². The largest absolute Gasteiger partial charge is 0.207 e. The minimum atomic E-state index is -0.206. The summed E-state index contributed by atoms with van der Waals surface area (Å²) in [7, 11) is 0. The summed E-state index contributed by atoms with van der Waals surface area (Å²) in [6, 6.07) is 4.69. The van der Waals surface area contributed by atoms with Gasteiger partial charge in [0.25, 0.3) is 0 Å². The van der Waals surface area contributed by atoms with Crippen molar-refractivity contribution in [2.75, 3.05) is 0 Å². The van der Waals surface area contributed by atoms with Crippen molar-refractivity contribution in [1.82, 2.24) is 0 Å². The zero-order chi connectivity index (χ0) is 14.2. The quantitative estimate of drug-likeness (QED) is 0.579. The van der Waals surface area contributed by atoms with E-state index < -0.39 is 0 Å². The second-order valence-corrected chi connectivity index (χ2v) is 7.97. The van der Waals surface area contributed by atoms with Crippen LogP contribution in [0.5, 0.6) is 0 Å². The van der Waals surface area contributed by atoms with Gasteiger partial charge in [-0.3, -0.25) is 0 Å². The van der Waals surface area contributed by atoms with Crippen LogP contribution in [0.15, 0.2) is 18.2 Å². The van der Waals surface area contributed by atoms with Crippen LogP contribution >= 0.6 is 27.5 Å². The van der Waals surface area contributed by atoms with Crippen molar-refractivity contribution in [2.24, 2.45) is 11.8 Å². The highest BCUT2D eigenvalue weighted by Gasteiger charge is 2.39. The third-order valence-corrected chi connectivity index (χ3v) is 5.93. The molecular weight excluding hydrogens is 327 g/mol. The fourth-order valence-electron chi connectivity index (χ4n) is 3.32. The second kappa shape index (κ2) is 5.73. The van der Waals surface area contributed by atoms with Gasteiger partial charge in [0.1, 0.15) is 5.82 Å². The van der Waals surface area contributed by atoms with Crippen LogP contribution in [0.3, 0.4) is 0 Å². The molecule has 0 amide bonds. The smallest absolute Gasteiger partial charge is 0.123 e. The molecule has 0 nitrogen and oxygen atoms in total. The van der Waals surface area contributed by atoms with E-state index in [0.29, 0.717) is 15.8 Å². The van der Waals surface area contributed by atoms with Gasteiger partial charge in [0.15, 0.2) is 0 Å². The van der Waals surface area contributed by atoms with Gasteiger partial charge in [-0.1, -0.05) is 54.7 Å². The third-order valence-electron chi connectivity index (χ3n) is 4.58. The van der Waals surface area contributed by atoms with E-state index >= 15 is 0 Å². The van der Waals surface area contributed by atoms with Crippen molar-refractivity contribution in [3.05, 3.63) is 34.6 Å². The SMILES string of the molecule is CC1CCC(C(C)(C)c2cc(F)ccc2Cl)C(Br)C1. The number of hydrogen-bond acceptors (Lipinski definition) is 0. The van der Waals surface area contributed by atoms with E-state index in [4.69, 9.17) is 11.6 Å². The fraction of sp³-hybridized carbons (Fsp3) is 0.625. The van der Waals surface area contributed by atoms with Crippen LogP contribution in [0.2, 0.25) is 5.02 Å². The average Bonchev–Trinajstić information content (AvgIpc) is 2.31. The van der Waals surface area contributed by atoms with Crippen LogP contribution in [0.1, 0.15) is 45.6 Å². The number of benzene rings is 1. The van der Waals surface area contributed by atoms with Gasteiger partial charge in [-0.05, 0) is 53.9 Å². The van der Waals surface area contributed by atoms with Crippen molar-refractivity contribution in [2.45, 2.75) is 50.3 Å². The molecule has 3 unspecified atom stereocenters. The first-order chi connectivity index (χ1) is 8.82. The Morgan fingerprint density at radius 1 is 1.32 bits per heavy atom. The van der Waals surface area contributed by atoms with E-state index in [1.54, 1.807) is 12.1 Å². The lowest BCUT2D eigenvalue weighted by Crippen LogP contribution is -2.38. The Labute approximate surface area is 128 Å². The number of halogens is 3. The zero-order valence-electron chi connectivity index (χ0n) is 11.7. The predicted octanol–water partition coefficient (Wildman–Crippen LogP) is 5.96. The van der Waals surface area contributed by atoms with Crippen LogP contribution in [0.4, 0.5) is 4.39 Å². The Kier molecular flexibility index (Phi) is 4.62. The van der Waals surface area contributed by atoms with Gasteiger partial charge in [-0.25, -0.2) is 4.39 Å². The standard InChI is InChI=1S/C16H21BrClF/c1-10-4-6-12(14(17)8-10)16(2,3)13-9-11(19)5-7-15(13)18/h5,7,9-10,12,14H,4,6,8H2,1-3H3. The molecule has 0 heterocycles. The lowest BCUT2D eigenvalue weighted by atomic mass is 9.66. The van der Waals surface area contributed by atoms with E-state index in [0.717, 1.165) is 17.9 Å². The van der Waals surface area contributed by atoms with Gasteiger partial charge in [0.2, 0.25) is 0 Å². The predicted molar refractivity (Wildman–Crippen MR) is 83.7 cm³/mol. The van der Waals surface area contributed by atoms with Crippen molar-refractivity contribution in [3.63, 3.8) is 0 Å². The van der Waals surface area contributed by atoms with Crippen molar-refractivity contribution in [3.8, 4) is 0 Å². The molecule has 1 fully saturated rings. The Balaban J connectivity index is 2.33. The van der Waals surface area contributed by atoms with E-state index in [-0.39, 0.29) is 11.2 Å². The first kappa shape index (κ1) is 15.3. The third kappa shape index (κ3) is 3.16. The lowest BCUT2D eigenvalue weighted by molar-refractivity contribution is 0.213. The molecule has 1 aromatic rings. The highest BCUT2D eigenvalue weighted by Crippen LogP contribution is 2.46. The summed E-state index contributed by atoms with van der Waals surface area (Å²) in [5, 5.41) is 0.671. The summed E-state index contributed by atoms with van der Waals surface area (Å²) in [5.74, 6) is 1.05. The summed E-state index contributed by atoms with van der Waals surface area (Å²) >= 11 is 10.1. The number of hydrogen-bond donors (Lipinski definition) is 0.